The maximum absolute atomic E-state index is 11.4. The molecule has 1 fully saturated rings. The molecule has 0 saturated heterocycles. The minimum atomic E-state index is -0.520. The molecule has 0 spiro atoms. The zero-order valence-electron chi connectivity index (χ0n) is 10.3. The number of aldehydes is 1. The van der Waals surface area contributed by atoms with Crippen LogP contribution in [0.25, 0.3) is 0 Å². The van der Waals surface area contributed by atoms with Gasteiger partial charge in [-0.1, -0.05) is 19.3 Å². The molecule has 1 aliphatic carbocycles. The molecule has 0 aromatic carbocycles. The van der Waals surface area contributed by atoms with E-state index in [0.29, 0.717) is 5.92 Å². The van der Waals surface area contributed by atoms with Gasteiger partial charge in [0, 0.05) is 0 Å². The monoisotopic (exact) mass is 227 g/mol. The molecule has 1 saturated carbocycles. The summed E-state index contributed by atoms with van der Waals surface area (Å²) in [5.74, 6) is 0.588. The van der Waals surface area contributed by atoms with Crippen LogP contribution >= 0.6 is 0 Å². The first-order valence-electron chi connectivity index (χ1n) is 5.85. The first-order valence-corrected chi connectivity index (χ1v) is 5.85. The number of carbonyl (C=O) groups is 2. The summed E-state index contributed by atoms with van der Waals surface area (Å²) in [6, 6.07) is -0.403. The number of rotatable bonds is 4. The lowest BCUT2D eigenvalue weighted by Gasteiger charge is -2.28. The van der Waals surface area contributed by atoms with Crippen LogP contribution < -0.4 is 5.32 Å². The highest BCUT2D eigenvalue weighted by Crippen LogP contribution is 2.30. The minimum Gasteiger partial charge on any atom is -0.444 e. The molecule has 0 aromatic rings. The lowest BCUT2D eigenvalue weighted by atomic mass is 9.81. The first kappa shape index (κ1) is 13.0. The van der Waals surface area contributed by atoms with Crippen LogP contribution in [0.1, 0.15) is 46.5 Å². The van der Waals surface area contributed by atoms with Crippen LogP contribution in [-0.4, -0.2) is 24.0 Å². The molecule has 1 amide bonds. The summed E-state index contributed by atoms with van der Waals surface area (Å²) in [5.41, 5.74) is -0.520. The van der Waals surface area contributed by atoms with Gasteiger partial charge in [-0.15, -0.1) is 0 Å². The fourth-order valence-electron chi connectivity index (χ4n) is 1.70. The van der Waals surface area contributed by atoms with Crippen molar-refractivity contribution in [1.29, 1.82) is 0 Å². The minimum absolute atomic E-state index is 0.403. The first-order chi connectivity index (χ1) is 7.40. The summed E-state index contributed by atoms with van der Waals surface area (Å²) in [6.45, 7) is 5.40. The van der Waals surface area contributed by atoms with Gasteiger partial charge in [-0.25, -0.2) is 4.79 Å². The molecule has 1 N–H and O–H groups in total. The van der Waals surface area contributed by atoms with Crippen LogP contribution in [0.2, 0.25) is 0 Å². The fourth-order valence-corrected chi connectivity index (χ4v) is 1.70. The molecule has 0 heterocycles. The average Bonchev–Trinajstić information content (AvgIpc) is 2.05. The van der Waals surface area contributed by atoms with E-state index in [1.54, 1.807) is 20.8 Å². The van der Waals surface area contributed by atoms with Gasteiger partial charge >= 0.3 is 6.09 Å². The summed E-state index contributed by atoms with van der Waals surface area (Å²) in [5, 5.41) is 2.59. The summed E-state index contributed by atoms with van der Waals surface area (Å²) in [7, 11) is 0. The maximum atomic E-state index is 11.4. The topological polar surface area (TPSA) is 55.4 Å². The number of hydrogen-bond donors (Lipinski definition) is 1. The van der Waals surface area contributed by atoms with Gasteiger partial charge in [-0.05, 0) is 33.1 Å². The standard InChI is InChI=1S/C12H21NO3/c1-12(2,3)16-11(15)13-10(8-14)7-9-5-4-6-9/h8-10H,4-7H2,1-3H3,(H,13,15)/t10-/m0/s1. The van der Waals surface area contributed by atoms with Crippen molar-refractivity contribution in [3.63, 3.8) is 0 Å². The summed E-state index contributed by atoms with van der Waals surface area (Å²) in [6.07, 6.45) is 4.60. The van der Waals surface area contributed by atoms with Crippen molar-refractivity contribution in [2.45, 2.75) is 58.1 Å². The molecule has 1 aliphatic rings. The molecule has 1 atom stereocenters. The largest absolute Gasteiger partial charge is 0.444 e. The predicted molar refractivity (Wildman–Crippen MR) is 61.2 cm³/mol. The van der Waals surface area contributed by atoms with Crippen LogP contribution in [-0.2, 0) is 9.53 Å². The molecular formula is C12H21NO3. The molecule has 4 nitrogen and oxygen atoms in total. The lowest BCUT2D eigenvalue weighted by molar-refractivity contribution is -0.110. The Morgan fingerprint density at radius 1 is 1.50 bits per heavy atom. The number of alkyl carbamates (subject to hydrolysis) is 1. The molecule has 0 radical (unpaired) electrons. The quantitative estimate of drug-likeness (QED) is 0.749. The van der Waals surface area contributed by atoms with Crippen LogP contribution in [0.4, 0.5) is 4.79 Å². The van der Waals surface area contributed by atoms with Gasteiger partial charge in [-0.2, -0.15) is 0 Å². The van der Waals surface area contributed by atoms with E-state index < -0.39 is 17.7 Å². The molecule has 0 bridgehead atoms. The van der Waals surface area contributed by atoms with Crippen molar-refractivity contribution < 1.29 is 14.3 Å². The van der Waals surface area contributed by atoms with Gasteiger partial charge in [0.1, 0.15) is 11.9 Å². The Bertz CT molecular complexity index is 253. The maximum Gasteiger partial charge on any atom is 0.408 e. The van der Waals surface area contributed by atoms with Gasteiger partial charge in [0.05, 0.1) is 6.04 Å². The summed E-state index contributed by atoms with van der Waals surface area (Å²) >= 11 is 0. The number of nitrogens with one attached hydrogen (secondary N) is 1. The van der Waals surface area contributed by atoms with Crippen molar-refractivity contribution in [3.05, 3.63) is 0 Å². The normalized spacial score (nSPS) is 18.4. The Kier molecular flexibility index (Phi) is 4.33. The van der Waals surface area contributed by atoms with E-state index in [9.17, 15) is 9.59 Å². The van der Waals surface area contributed by atoms with Crippen molar-refractivity contribution in [2.24, 2.45) is 5.92 Å². The van der Waals surface area contributed by atoms with Gasteiger partial charge in [0.15, 0.2) is 0 Å². The molecule has 0 aromatic heterocycles. The molecule has 16 heavy (non-hydrogen) atoms. The Hall–Kier alpha value is -1.06. The second-order valence-electron chi connectivity index (χ2n) is 5.42. The van der Waals surface area contributed by atoms with Gasteiger partial charge in [-0.3, -0.25) is 0 Å². The summed E-state index contributed by atoms with van der Waals surface area (Å²) in [4.78, 5) is 22.2. The van der Waals surface area contributed by atoms with Crippen molar-refractivity contribution >= 4 is 12.4 Å². The average molecular weight is 227 g/mol. The predicted octanol–water partition coefficient (Wildman–Crippen LogP) is 2.27. The Morgan fingerprint density at radius 3 is 2.50 bits per heavy atom. The van der Waals surface area contributed by atoms with E-state index in [1.807, 2.05) is 0 Å². The molecule has 1 rings (SSSR count). The number of carbonyl (C=O) groups excluding carboxylic acids is 2. The third-order valence-electron chi connectivity index (χ3n) is 2.68. The lowest BCUT2D eigenvalue weighted by Crippen LogP contribution is -2.41. The number of ether oxygens (including phenoxy) is 1. The Labute approximate surface area is 96.7 Å². The van der Waals surface area contributed by atoms with E-state index in [2.05, 4.69) is 5.32 Å². The van der Waals surface area contributed by atoms with Crippen molar-refractivity contribution in [1.82, 2.24) is 5.32 Å². The second-order valence-corrected chi connectivity index (χ2v) is 5.42. The van der Waals surface area contributed by atoms with Crippen LogP contribution in [0.15, 0.2) is 0 Å². The molecule has 0 unspecified atom stereocenters. The highest BCUT2D eigenvalue weighted by atomic mass is 16.6. The molecule has 4 heteroatoms. The van der Waals surface area contributed by atoms with Crippen molar-refractivity contribution in [2.75, 3.05) is 0 Å². The van der Waals surface area contributed by atoms with E-state index in [1.165, 1.54) is 19.3 Å². The van der Waals surface area contributed by atoms with Crippen molar-refractivity contribution in [3.8, 4) is 0 Å². The highest BCUT2D eigenvalue weighted by molar-refractivity contribution is 5.73. The van der Waals surface area contributed by atoms with Gasteiger partial charge < -0.3 is 14.8 Å². The second kappa shape index (κ2) is 5.32. The zero-order chi connectivity index (χ0) is 12.2. The van der Waals surface area contributed by atoms with Gasteiger partial charge in [0.2, 0.25) is 0 Å². The van der Waals surface area contributed by atoms with E-state index in [4.69, 9.17) is 4.74 Å². The molecule has 92 valence electrons. The third-order valence-corrected chi connectivity index (χ3v) is 2.68. The van der Waals surface area contributed by atoms with E-state index in [-0.39, 0.29) is 0 Å². The molecular weight excluding hydrogens is 206 g/mol. The third kappa shape index (κ3) is 4.64. The highest BCUT2D eigenvalue weighted by Gasteiger charge is 2.24. The fraction of sp³-hybridized carbons (Fsp3) is 0.833. The van der Waals surface area contributed by atoms with Crippen LogP contribution in [0.3, 0.4) is 0 Å². The Morgan fingerprint density at radius 2 is 2.12 bits per heavy atom. The summed E-state index contributed by atoms with van der Waals surface area (Å²) < 4.78 is 5.09. The van der Waals surface area contributed by atoms with E-state index >= 15 is 0 Å². The molecule has 0 aliphatic heterocycles. The number of hydrogen-bond acceptors (Lipinski definition) is 3. The van der Waals surface area contributed by atoms with Crippen LogP contribution in [0, 0.1) is 5.92 Å². The zero-order valence-corrected chi connectivity index (χ0v) is 10.3. The van der Waals surface area contributed by atoms with E-state index in [0.717, 1.165) is 12.7 Å². The number of amides is 1. The smallest absolute Gasteiger partial charge is 0.408 e. The van der Waals surface area contributed by atoms with Crippen LogP contribution in [0.5, 0.6) is 0 Å². The SMILES string of the molecule is CC(C)(C)OC(=O)N[C@H](C=O)CC1CCC1. The van der Waals surface area contributed by atoms with Gasteiger partial charge in [0.25, 0.3) is 0 Å². The Balaban J connectivity index is 2.31.